The number of piperidine rings is 1. The van der Waals surface area contributed by atoms with E-state index in [9.17, 15) is 4.79 Å². The first kappa shape index (κ1) is 19.0. The second-order valence-corrected chi connectivity index (χ2v) is 6.32. The van der Waals surface area contributed by atoms with E-state index in [-0.39, 0.29) is 18.3 Å². The Kier molecular flexibility index (Phi) is 8.56. The molecular formula is C16H24ClN3OS. The number of hydrogen-bond acceptors (Lipinski definition) is 4. The highest BCUT2D eigenvalue weighted by molar-refractivity contribution is 7.99. The van der Waals surface area contributed by atoms with Crippen molar-refractivity contribution in [3.05, 3.63) is 36.9 Å². The minimum absolute atomic E-state index is 0. The molecule has 1 aromatic rings. The number of hydrogen-bond donors (Lipinski definition) is 2. The highest BCUT2D eigenvalue weighted by Gasteiger charge is 2.18. The monoisotopic (exact) mass is 341 g/mol. The van der Waals surface area contributed by atoms with E-state index in [1.165, 1.54) is 0 Å². The summed E-state index contributed by atoms with van der Waals surface area (Å²) < 4.78 is 0. The van der Waals surface area contributed by atoms with Crippen LogP contribution in [0.25, 0.3) is 0 Å². The van der Waals surface area contributed by atoms with Crippen molar-refractivity contribution in [2.75, 3.05) is 30.7 Å². The van der Waals surface area contributed by atoms with Crippen molar-refractivity contribution in [2.24, 2.45) is 5.73 Å². The van der Waals surface area contributed by atoms with Gasteiger partial charge in [0.05, 0.1) is 12.2 Å². The van der Waals surface area contributed by atoms with Crippen LogP contribution in [0.1, 0.15) is 12.8 Å². The van der Waals surface area contributed by atoms with Crippen molar-refractivity contribution in [2.45, 2.75) is 23.8 Å². The molecule has 0 unspecified atom stereocenters. The Labute approximate surface area is 142 Å². The van der Waals surface area contributed by atoms with E-state index >= 15 is 0 Å². The van der Waals surface area contributed by atoms with Crippen molar-refractivity contribution in [1.82, 2.24) is 4.90 Å². The number of para-hydroxylation sites is 1. The third-order valence-corrected chi connectivity index (χ3v) is 4.59. The highest BCUT2D eigenvalue weighted by atomic mass is 35.5. The van der Waals surface area contributed by atoms with Crippen LogP contribution in [0.4, 0.5) is 5.69 Å². The Morgan fingerprint density at radius 3 is 2.77 bits per heavy atom. The van der Waals surface area contributed by atoms with Crippen molar-refractivity contribution >= 4 is 35.8 Å². The van der Waals surface area contributed by atoms with Gasteiger partial charge in [0.1, 0.15) is 0 Å². The number of carbonyl (C=O) groups is 1. The van der Waals surface area contributed by atoms with E-state index in [0.29, 0.717) is 12.6 Å². The van der Waals surface area contributed by atoms with Gasteiger partial charge in [-0.05, 0) is 25.0 Å². The molecule has 4 nitrogen and oxygen atoms in total. The summed E-state index contributed by atoms with van der Waals surface area (Å²) in [6, 6.07) is 8.17. The average Bonchev–Trinajstić information content (AvgIpc) is 2.49. The van der Waals surface area contributed by atoms with E-state index < -0.39 is 0 Å². The molecule has 1 aliphatic rings. The number of halogens is 1. The fraction of sp³-hybridized carbons (Fsp3) is 0.438. The van der Waals surface area contributed by atoms with Crippen LogP contribution < -0.4 is 11.1 Å². The van der Waals surface area contributed by atoms with Gasteiger partial charge in [-0.2, -0.15) is 0 Å². The molecule has 0 atom stereocenters. The van der Waals surface area contributed by atoms with Crippen molar-refractivity contribution in [1.29, 1.82) is 0 Å². The van der Waals surface area contributed by atoms with Crippen molar-refractivity contribution in [3.8, 4) is 0 Å². The quantitative estimate of drug-likeness (QED) is 0.617. The van der Waals surface area contributed by atoms with Gasteiger partial charge >= 0.3 is 0 Å². The normalized spacial score (nSPS) is 15.9. The number of nitrogens with zero attached hydrogens (tertiary/aromatic N) is 1. The van der Waals surface area contributed by atoms with Gasteiger partial charge in [0.25, 0.3) is 0 Å². The lowest BCUT2D eigenvalue weighted by molar-refractivity contribution is -0.117. The number of anilines is 1. The molecule has 0 saturated carbocycles. The first-order valence-electron chi connectivity index (χ1n) is 7.29. The van der Waals surface area contributed by atoms with Crippen LogP contribution in [-0.2, 0) is 4.79 Å². The molecule has 0 aromatic heterocycles. The molecule has 1 aliphatic heterocycles. The summed E-state index contributed by atoms with van der Waals surface area (Å²) in [5.74, 6) is 0.869. The number of amides is 1. The zero-order valence-corrected chi connectivity index (χ0v) is 14.3. The van der Waals surface area contributed by atoms with Gasteiger partial charge < -0.3 is 11.1 Å². The van der Waals surface area contributed by atoms with Crippen LogP contribution in [0.5, 0.6) is 0 Å². The van der Waals surface area contributed by atoms with Crippen LogP contribution >= 0.6 is 24.2 Å². The Morgan fingerprint density at radius 2 is 2.09 bits per heavy atom. The van der Waals surface area contributed by atoms with Gasteiger partial charge in [0, 0.05) is 29.8 Å². The third kappa shape index (κ3) is 6.01. The number of likely N-dealkylation sites (tertiary alicyclic amines) is 1. The molecule has 1 fully saturated rings. The lowest BCUT2D eigenvalue weighted by atomic mass is 10.1. The lowest BCUT2D eigenvalue weighted by Gasteiger charge is -2.29. The summed E-state index contributed by atoms with van der Waals surface area (Å²) in [5, 5.41) is 3.01. The fourth-order valence-corrected chi connectivity index (χ4v) is 3.10. The van der Waals surface area contributed by atoms with Crippen LogP contribution in [0.2, 0.25) is 0 Å². The zero-order valence-electron chi connectivity index (χ0n) is 12.7. The van der Waals surface area contributed by atoms with E-state index in [2.05, 4.69) is 16.8 Å². The highest BCUT2D eigenvalue weighted by Crippen LogP contribution is 2.26. The van der Waals surface area contributed by atoms with E-state index in [1.54, 1.807) is 11.8 Å². The number of nitrogens with two attached hydrogens (primary N) is 1. The van der Waals surface area contributed by atoms with E-state index in [1.807, 2.05) is 30.3 Å². The number of nitrogens with one attached hydrogen (secondary N) is 1. The summed E-state index contributed by atoms with van der Waals surface area (Å²) in [6.45, 7) is 5.97. The second-order valence-electron chi connectivity index (χ2n) is 5.26. The first-order chi connectivity index (χ1) is 10.2. The third-order valence-electron chi connectivity index (χ3n) is 3.52. The SMILES string of the molecule is C=CCSc1ccccc1NC(=O)CN1CCC(N)CC1.Cl. The first-order valence-corrected chi connectivity index (χ1v) is 8.28. The Morgan fingerprint density at radius 1 is 1.41 bits per heavy atom. The average molecular weight is 342 g/mol. The summed E-state index contributed by atoms with van der Waals surface area (Å²) in [7, 11) is 0. The number of benzene rings is 1. The number of rotatable bonds is 6. The summed E-state index contributed by atoms with van der Waals surface area (Å²) in [4.78, 5) is 15.4. The van der Waals surface area contributed by atoms with Gasteiger partial charge in [0.2, 0.25) is 5.91 Å². The van der Waals surface area contributed by atoms with Crippen molar-refractivity contribution in [3.63, 3.8) is 0 Å². The molecule has 2 rings (SSSR count). The fourth-order valence-electron chi connectivity index (χ4n) is 2.35. The van der Waals surface area contributed by atoms with Gasteiger partial charge in [0.15, 0.2) is 0 Å². The largest absolute Gasteiger partial charge is 0.328 e. The maximum atomic E-state index is 12.2. The Bertz CT molecular complexity index is 490. The molecule has 3 N–H and O–H groups in total. The van der Waals surface area contributed by atoms with Crippen LogP contribution in [0, 0.1) is 0 Å². The van der Waals surface area contributed by atoms with Crippen LogP contribution in [0.3, 0.4) is 0 Å². The molecule has 6 heteroatoms. The standard InChI is InChI=1S/C16H23N3OS.ClH/c1-2-11-21-15-6-4-3-5-14(15)18-16(20)12-19-9-7-13(17)8-10-19;/h2-6,13H,1,7-12,17H2,(H,18,20);1H. The van der Waals surface area contributed by atoms with Gasteiger partial charge in [-0.15, -0.1) is 30.7 Å². The predicted octanol–water partition coefficient (Wildman–Crippen LogP) is 2.75. The van der Waals surface area contributed by atoms with Gasteiger partial charge in [-0.1, -0.05) is 18.2 Å². The molecule has 1 heterocycles. The molecule has 0 bridgehead atoms. The Balaban J connectivity index is 0.00000242. The molecule has 1 saturated heterocycles. The summed E-state index contributed by atoms with van der Waals surface area (Å²) in [5.41, 5.74) is 6.76. The van der Waals surface area contributed by atoms with Crippen LogP contribution in [0.15, 0.2) is 41.8 Å². The molecular weight excluding hydrogens is 318 g/mol. The van der Waals surface area contributed by atoms with E-state index in [0.717, 1.165) is 42.3 Å². The Hall–Kier alpha value is -1.01. The van der Waals surface area contributed by atoms with E-state index in [4.69, 9.17) is 5.73 Å². The zero-order chi connectivity index (χ0) is 15.1. The lowest BCUT2D eigenvalue weighted by Crippen LogP contribution is -2.43. The molecule has 0 radical (unpaired) electrons. The minimum Gasteiger partial charge on any atom is -0.328 e. The molecule has 1 aromatic carbocycles. The number of carbonyl (C=O) groups excluding carboxylic acids is 1. The van der Waals surface area contributed by atoms with Crippen molar-refractivity contribution < 1.29 is 4.79 Å². The molecule has 22 heavy (non-hydrogen) atoms. The second kappa shape index (κ2) is 9.90. The molecule has 1 amide bonds. The molecule has 0 aliphatic carbocycles. The smallest absolute Gasteiger partial charge is 0.238 e. The molecule has 122 valence electrons. The minimum atomic E-state index is 0. The maximum absolute atomic E-state index is 12.2. The number of thioether (sulfide) groups is 1. The predicted molar refractivity (Wildman–Crippen MR) is 96.9 cm³/mol. The van der Waals surface area contributed by atoms with Gasteiger partial charge in [-0.25, -0.2) is 0 Å². The topological polar surface area (TPSA) is 58.4 Å². The maximum Gasteiger partial charge on any atom is 0.238 e. The van der Waals surface area contributed by atoms with Gasteiger partial charge in [-0.3, -0.25) is 9.69 Å². The molecule has 0 spiro atoms. The summed E-state index contributed by atoms with van der Waals surface area (Å²) in [6.07, 6.45) is 3.80. The van der Waals surface area contributed by atoms with Crippen LogP contribution in [-0.4, -0.2) is 42.2 Å². The summed E-state index contributed by atoms with van der Waals surface area (Å²) >= 11 is 1.67.